The lowest BCUT2D eigenvalue weighted by atomic mass is 10.1. The summed E-state index contributed by atoms with van der Waals surface area (Å²) in [6, 6.07) is 8.80. The van der Waals surface area contributed by atoms with Gasteiger partial charge in [-0.05, 0) is 43.7 Å². The molecule has 0 fully saturated rings. The van der Waals surface area contributed by atoms with Crippen molar-refractivity contribution in [2.45, 2.75) is 13.8 Å². The monoisotopic (exact) mass is 296 g/mol. The summed E-state index contributed by atoms with van der Waals surface area (Å²) >= 11 is 0. The number of fused-ring (bicyclic) bond motifs is 1. The van der Waals surface area contributed by atoms with Crippen LogP contribution in [-0.4, -0.2) is 12.4 Å². The minimum absolute atomic E-state index is 0.157. The minimum Gasteiger partial charge on any atom is -0.489 e. The van der Waals surface area contributed by atoms with Crippen LogP contribution in [0.15, 0.2) is 52.7 Å². The number of ether oxygens (including phenoxy) is 2. The largest absolute Gasteiger partial charge is 0.489 e. The molecular weight excluding hydrogens is 280 g/mol. The molecule has 1 aliphatic heterocycles. The number of ketones is 1. The van der Waals surface area contributed by atoms with Crippen molar-refractivity contribution in [1.82, 2.24) is 0 Å². The number of rotatable bonds is 4. The molecule has 2 heterocycles. The fourth-order valence-electron chi connectivity index (χ4n) is 2.12. The molecule has 4 heteroatoms. The van der Waals surface area contributed by atoms with E-state index in [9.17, 15) is 4.79 Å². The zero-order valence-corrected chi connectivity index (χ0v) is 12.5. The van der Waals surface area contributed by atoms with E-state index in [-0.39, 0.29) is 11.5 Å². The van der Waals surface area contributed by atoms with Crippen LogP contribution < -0.4 is 9.47 Å². The third kappa shape index (κ3) is 2.81. The number of carbonyl (C=O) groups excluding carboxylic acids is 1. The Balaban J connectivity index is 1.84. The van der Waals surface area contributed by atoms with E-state index in [4.69, 9.17) is 13.9 Å². The van der Waals surface area contributed by atoms with Crippen molar-refractivity contribution in [3.63, 3.8) is 0 Å². The number of furan rings is 1. The van der Waals surface area contributed by atoms with E-state index in [0.29, 0.717) is 29.4 Å². The first-order chi connectivity index (χ1) is 10.5. The van der Waals surface area contributed by atoms with Crippen LogP contribution in [0.3, 0.4) is 0 Å². The molecule has 0 unspecified atom stereocenters. The molecule has 0 bridgehead atoms. The minimum atomic E-state index is -0.157. The maximum Gasteiger partial charge on any atom is 0.232 e. The van der Waals surface area contributed by atoms with Gasteiger partial charge in [0.15, 0.2) is 5.76 Å². The fourth-order valence-corrected chi connectivity index (χ4v) is 2.12. The van der Waals surface area contributed by atoms with Gasteiger partial charge >= 0.3 is 0 Å². The lowest BCUT2D eigenvalue weighted by Crippen LogP contribution is -1.98. The van der Waals surface area contributed by atoms with E-state index in [0.717, 1.165) is 11.3 Å². The number of allylic oxidation sites excluding steroid dienone is 1. The van der Waals surface area contributed by atoms with E-state index in [2.05, 4.69) is 6.58 Å². The first-order valence-electron chi connectivity index (χ1n) is 6.95. The van der Waals surface area contributed by atoms with Gasteiger partial charge in [-0.25, -0.2) is 0 Å². The molecule has 4 nitrogen and oxygen atoms in total. The van der Waals surface area contributed by atoms with Crippen molar-refractivity contribution in [2.75, 3.05) is 6.61 Å². The Morgan fingerprint density at radius 3 is 2.82 bits per heavy atom. The molecule has 1 aromatic carbocycles. The lowest BCUT2D eigenvalue weighted by molar-refractivity contribution is 0.101. The molecular formula is C18H16O4. The molecule has 0 atom stereocenters. The Bertz CT molecular complexity index is 780. The molecule has 0 N–H and O–H groups in total. The molecule has 2 aromatic rings. The number of benzene rings is 1. The molecule has 0 saturated carbocycles. The van der Waals surface area contributed by atoms with Gasteiger partial charge in [-0.3, -0.25) is 4.79 Å². The SMILES string of the molecule is C=C(C)COc1ccc2c(c1)OC(=Cc1ccc(C)o1)C2=O. The van der Waals surface area contributed by atoms with Gasteiger partial charge in [0, 0.05) is 12.1 Å². The van der Waals surface area contributed by atoms with Crippen LogP contribution in [-0.2, 0) is 0 Å². The third-order valence-corrected chi connectivity index (χ3v) is 3.16. The molecule has 3 rings (SSSR count). The predicted molar refractivity (Wildman–Crippen MR) is 83.1 cm³/mol. The van der Waals surface area contributed by atoms with Crippen molar-refractivity contribution in [1.29, 1.82) is 0 Å². The summed E-state index contributed by atoms with van der Waals surface area (Å²) in [5.74, 6) is 2.61. The topological polar surface area (TPSA) is 48.7 Å². The van der Waals surface area contributed by atoms with Gasteiger partial charge in [-0.1, -0.05) is 6.58 Å². The first-order valence-corrected chi connectivity index (χ1v) is 6.95. The number of hydrogen-bond donors (Lipinski definition) is 0. The summed E-state index contributed by atoms with van der Waals surface area (Å²) in [7, 11) is 0. The maximum absolute atomic E-state index is 12.3. The summed E-state index contributed by atoms with van der Waals surface area (Å²) in [6.07, 6.45) is 1.60. The molecule has 0 spiro atoms. The molecule has 22 heavy (non-hydrogen) atoms. The van der Waals surface area contributed by atoms with Gasteiger partial charge in [0.2, 0.25) is 5.78 Å². The number of hydrogen-bond acceptors (Lipinski definition) is 4. The maximum atomic E-state index is 12.3. The van der Waals surface area contributed by atoms with Crippen molar-refractivity contribution in [2.24, 2.45) is 0 Å². The Labute approximate surface area is 128 Å². The third-order valence-electron chi connectivity index (χ3n) is 3.16. The van der Waals surface area contributed by atoms with Crippen LogP contribution in [0.4, 0.5) is 0 Å². The van der Waals surface area contributed by atoms with E-state index in [1.54, 1.807) is 30.3 Å². The summed E-state index contributed by atoms with van der Waals surface area (Å²) < 4.78 is 16.6. The van der Waals surface area contributed by atoms with Gasteiger partial charge in [-0.15, -0.1) is 0 Å². The van der Waals surface area contributed by atoms with Crippen LogP contribution in [0, 0.1) is 6.92 Å². The van der Waals surface area contributed by atoms with Gasteiger partial charge in [0.05, 0.1) is 5.56 Å². The highest BCUT2D eigenvalue weighted by Crippen LogP contribution is 2.35. The predicted octanol–water partition coefficient (Wildman–Crippen LogP) is 4.16. The average Bonchev–Trinajstić information content (AvgIpc) is 3.01. The van der Waals surface area contributed by atoms with Crippen LogP contribution in [0.5, 0.6) is 11.5 Å². The van der Waals surface area contributed by atoms with Crippen molar-refractivity contribution in [3.05, 3.63) is 65.3 Å². The summed E-state index contributed by atoms with van der Waals surface area (Å²) in [5, 5.41) is 0. The zero-order valence-electron chi connectivity index (χ0n) is 12.5. The molecule has 0 radical (unpaired) electrons. The molecule has 0 aliphatic carbocycles. The van der Waals surface area contributed by atoms with E-state index < -0.39 is 0 Å². The molecule has 1 aliphatic rings. The van der Waals surface area contributed by atoms with Crippen LogP contribution in [0.25, 0.3) is 6.08 Å². The Morgan fingerprint density at radius 1 is 1.32 bits per heavy atom. The summed E-state index contributed by atoms with van der Waals surface area (Å²) in [6.45, 7) is 7.95. The Kier molecular flexibility index (Phi) is 3.59. The summed E-state index contributed by atoms with van der Waals surface area (Å²) in [4.78, 5) is 12.3. The van der Waals surface area contributed by atoms with E-state index in [1.807, 2.05) is 19.9 Å². The number of carbonyl (C=O) groups is 1. The second kappa shape index (κ2) is 5.56. The quantitative estimate of drug-likeness (QED) is 0.628. The van der Waals surface area contributed by atoms with Crippen LogP contribution in [0.2, 0.25) is 0 Å². The van der Waals surface area contributed by atoms with Crippen LogP contribution in [0.1, 0.15) is 28.8 Å². The molecule has 0 amide bonds. The second-order valence-corrected chi connectivity index (χ2v) is 5.29. The lowest BCUT2D eigenvalue weighted by Gasteiger charge is -2.06. The highest BCUT2D eigenvalue weighted by atomic mass is 16.5. The van der Waals surface area contributed by atoms with Gasteiger partial charge in [0.25, 0.3) is 0 Å². The van der Waals surface area contributed by atoms with E-state index in [1.165, 1.54) is 0 Å². The van der Waals surface area contributed by atoms with Crippen LogP contribution >= 0.6 is 0 Å². The highest BCUT2D eigenvalue weighted by Gasteiger charge is 2.28. The number of Topliss-reactive ketones (excluding diaryl/α,β-unsaturated/α-hetero) is 1. The molecule has 1 aromatic heterocycles. The smallest absolute Gasteiger partial charge is 0.232 e. The van der Waals surface area contributed by atoms with Crippen molar-refractivity contribution in [3.8, 4) is 11.5 Å². The Morgan fingerprint density at radius 2 is 2.14 bits per heavy atom. The van der Waals surface area contributed by atoms with Crippen molar-refractivity contribution >= 4 is 11.9 Å². The highest BCUT2D eigenvalue weighted by molar-refractivity contribution is 6.14. The summed E-state index contributed by atoms with van der Waals surface area (Å²) in [5.41, 5.74) is 1.45. The molecule has 0 saturated heterocycles. The Hall–Kier alpha value is -2.75. The van der Waals surface area contributed by atoms with Gasteiger partial charge in [-0.2, -0.15) is 0 Å². The average molecular weight is 296 g/mol. The van der Waals surface area contributed by atoms with Crippen molar-refractivity contribution < 1.29 is 18.7 Å². The van der Waals surface area contributed by atoms with Gasteiger partial charge < -0.3 is 13.9 Å². The first kappa shape index (κ1) is 14.2. The van der Waals surface area contributed by atoms with Gasteiger partial charge in [0.1, 0.15) is 29.6 Å². The fraction of sp³-hybridized carbons (Fsp3) is 0.167. The second-order valence-electron chi connectivity index (χ2n) is 5.29. The standard InChI is InChI=1S/C18H16O4/c1-11(2)10-20-13-6-7-15-16(8-13)22-17(18(15)19)9-14-5-4-12(3)21-14/h4-9H,1,10H2,2-3H3. The molecule has 112 valence electrons. The van der Waals surface area contributed by atoms with E-state index >= 15 is 0 Å². The number of aryl methyl sites for hydroxylation is 1. The normalized spacial score (nSPS) is 14.8. The zero-order chi connectivity index (χ0) is 15.7.